The summed E-state index contributed by atoms with van der Waals surface area (Å²) in [4.78, 5) is 11.4. The van der Waals surface area contributed by atoms with Crippen molar-refractivity contribution >= 4 is 17.5 Å². The fourth-order valence-electron chi connectivity index (χ4n) is 1.30. The maximum absolute atomic E-state index is 11.4. The van der Waals surface area contributed by atoms with E-state index in [9.17, 15) is 4.79 Å². The molecule has 0 heterocycles. The second-order valence-corrected chi connectivity index (χ2v) is 4.24. The standard InChI is InChI=1S/C12H17ClN2O/c1-9(8-14)12(16)15-6-5-10-3-2-4-11(13)7-10/h2-4,7,9H,5-6,8,14H2,1H3,(H,15,16). The molecule has 1 rings (SSSR count). The highest BCUT2D eigenvalue weighted by Gasteiger charge is 2.09. The van der Waals surface area contributed by atoms with Gasteiger partial charge in [0.15, 0.2) is 0 Å². The van der Waals surface area contributed by atoms with Crippen molar-refractivity contribution in [2.45, 2.75) is 13.3 Å². The van der Waals surface area contributed by atoms with Gasteiger partial charge in [0.25, 0.3) is 0 Å². The lowest BCUT2D eigenvalue weighted by Gasteiger charge is -2.09. The summed E-state index contributed by atoms with van der Waals surface area (Å²) < 4.78 is 0. The number of benzene rings is 1. The molecule has 1 amide bonds. The summed E-state index contributed by atoms with van der Waals surface area (Å²) >= 11 is 5.86. The topological polar surface area (TPSA) is 55.1 Å². The Morgan fingerprint density at radius 1 is 1.56 bits per heavy atom. The number of nitrogens with two attached hydrogens (primary N) is 1. The zero-order chi connectivity index (χ0) is 12.0. The van der Waals surface area contributed by atoms with Crippen LogP contribution in [0.3, 0.4) is 0 Å². The highest BCUT2D eigenvalue weighted by molar-refractivity contribution is 6.30. The van der Waals surface area contributed by atoms with Gasteiger partial charge in [-0.05, 0) is 24.1 Å². The Labute approximate surface area is 101 Å². The molecule has 3 nitrogen and oxygen atoms in total. The van der Waals surface area contributed by atoms with E-state index in [2.05, 4.69) is 5.32 Å². The molecule has 0 aromatic heterocycles. The third-order valence-corrected chi connectivity index (χ3v) is 2.64. The van der Waals surface area contributed by atoms with Crippen LogP contribution in [0.15, 0.2) is 24.3 Å². The molecule has 1 aromatic carbocycles. The summed E-state index contributed by atoms with van der Waals surface area (Å²) in [5.74, 6) is -0.121. The van der Waals surface area contributed by atoms with E-state index in [1.807, 2.05) is 31.2 Å². The molecule has 0 aliphatic rings. The monoisotopic (exact) mass is 240 g/mol. The van der Waals surface area contributed by atoms with Crippen LogP contribution in [0.4, 0.5) is 0 Å². The van der Waals surface area contributed by atoms with Crippen LogP contribution >= 0.6 is 11.6 Å². The minimum atomic E-state index is -0.126. The molecule has 0 aliphatic carbocycles. The van der Waals surface area contributed by atoms with Crippen LogP contribution in [0.5, 0.6) is 0 Å². The molecular weight excluding hydrogens is 224 g/mol. The zero-order valence-corrected chi connectivity index (χ0v) is 10.1. The van der Waals surface area contributed by atoms with Gasteiger partial charge in [0, 0.05) is 24.0 Å². The molecule has 0 aliphatic heterocycles. The number of amides is 1. The van der Waals surface area contributed by atoms with E-state index < -0.39 is 0 Å². The minimum absolute atomic E-state index is 0.00419. The van der Waals surface area contributed by atoms with E-state index in [-0.39, 0.29) is 11.8 Å². The van der Waals surface area contributed by atoms with Crippen molar-refractivity contribution in [2.75, 3.05) is 13.1 Å². The van der Waals surface area contributed by atoms with Gasteiger partial charge >= 0.3 is 0 Å². The number of halogens is 1. The summed E-state index contributed by atoms with van der Waals surface area (Å²) in [5, 5.41) is 3.56. The molecule has 0 saturated heterocycles. The zero-order valence-electron chi connectivity index (χ0n) is 9.37. The summed E-state index contributed by atoms with van der Waals surface area (Å²) in [7, 11) is 0. The second kappa shape index (κ2) is 6.51. The van der Waals surface area contributed by atoms with Crippen LogP contribution in [-0.2, 0) is 11.2 Å². The fourth-order valence-corrected chi connectivity index (χ4v) is 1.52. The first-order valence-electron chi connectivity index (χ1n) is 5.35. The summed E-state index contributed by atoms with van der Waals surface area (Å²) in [6.45, 7) is 2.81. The van der Waals surface area contributed by atoms with E-state index in [1.165, 1.54) is 0 Å². The third kappa shape index (κ3) is 4.21. The van der Waals surface area contributed by atoms with Crippen molar-refractivity contribution in [1.82, 2.24) is 5.32 Å². The molecule has 4 heteroatoms. The van der Waals surface area contributed by atoms with Crippen molar-refractivity contribution in [2.24, 2.45) is 11.7 Å². The van der Waals surface area contributed by atoms with Gasteiger partial charge in [-0.3, -0.25) is 4.79 Å². The molecule has 16 heavy (non-hydrogen) atoms. The van der Waals surface area contributed by atoms with Crippen molar-refractivity contribution in [1.29, 1.82) is 0 Å². The van der Waals surface area contributed by atoms with Crippen molar-refractivity contribution < 1.29 is 4.79 Å². The molecular formula is C12H17ClN2O. The Hall–Kier alpha value is -1.06. The van der Waals surface area contributed by atoms with E-state index in [1.54, 1.807) is 0 Å². The van der Waals surface area contributed by atoms with Crippen LogP contribution in [0.1, 0.15) is 12.5 Å². The number of carbonyl (C=O) groups is 1. The Bertz CT molecular complexity index is 355. The average Bonchev–Trinajstić information content (AvgIpc) is 2.28. The molecule has 0 bridgehead atoms. The van der Waals surface area contributed by atoms with Gasteiger partial charge in [-0.15, -0.1) is 0 Å². The van der Waals surface area contributed by atoms with Crippen molar-refractivity contribution in [3.8, 4) is 0 Å². The fraction of sp³-hybridized carbons (Fsp3) is 0.417. The summed E-state index contributed by atoms with van der Waals surface area (Å²) in [6, 6.07) is 7.63. The first kappa shape index (κ1) is 13.0. The molecule has 1 aromatic rings. The highest BCUT2D eigenvalue weighted by Crippen LogP contribution is 2.10. The van der Waals surface area contributed by atoms with Crippen LogP contribution in [0, 0.1) is 5.92 Å². The Morgan fingerprint density at radius 2 is 2.31 bits per heavy atom. The Morgan fingerprint density at radius 3 is 2.94 bits per heavy atom. The smallest absolute Gasteiger partial charge is 0.224 e. The van der Waals surface area contributed by atoms with Gasteiger partial charge in [-0.1, -0.05) is 30.7 Å². The lowest BCUT2D eigenvalue weighted by atomic mass is 10.1. The van der Waals surface area contributed by atoms with Crippen LogP contribution < -0.4 is 11.1 Å². The van der Waals surface area contributed by atoms with Gasteiger partial charge < -0.3 is 11.1 Å². The largest absolute Gasteiger partial charge is 0.355 e. The second-order valence-electron chi connectivity index (χ2n) is 3.81. The number of nitrogens with one attached hydrogen (secondary N) is 1. The first-order chi connectivity index (χ1) is 7.63. The molecule has 88 valence electrons. The minimum Gasteiger partial charge on any atom is -0.355 e. The normalized spacial score (nSPS) is 12.2. The van der Waals surface area contributed by atoms with Crippen molar-refractivity contribution in [3.05, 3.63) is 34.9 Å². The first-order valence-corrected chi connectivity index (χ1v) is 5.73. The Balaban J connectivity index is 2.33. The highest BCUT2D eigenvalue weighted by atomic mass is 35.5. The number of rotatable bonds is 5. The van der Waals surface area contributed by atoms with Gasteiger partial charge in [0.1, 0.15) is 0 Å². The lowest BCUT2D eigenvalue weighted by Crippen LogP contribution is -2.34. The van der Waals surface area contributed by atoms with E-state index in [4.69, 9.17) is 17.3 Å². The molecule has 0 saturated carbocycles. The van der Waals surface area contributed by atoms with Gasteiger partial charge in [0.2, 0.25) is 5.91 Å². The van der Waals surface area contributed by atoms with Crippen molar-refractivity contribution in [3.63, 3.8) is 0 Å². The molecule has 0 radical (unpaired) electrons. The van der Waals surface area contributed by atoms with E-state index in [0.717, 1.165) is 17.0 Å². The quantitative estimate of drug-likeness (QED) is 0.821. The Kier molecular flexibility index (Phi) is 5.29. The number of hydrogen-bond acceptors (Lipinski definition) is 2. The number of carbonyl (C=O) groups excluding carboxylic acids is 1. The van der Waals surface area contributed by atoms with Gasteiger partial charge in [0.05, 0.1) is 0 Å². The molecule has 3 N–H and O–H groups in total. The maximum Gasteiger partial charge on any atom is 0.224 e. The predicted molar refractivity (Wildman–Crippen MR) is 66.4 cm³/mol. The summed E-state index contributed by atoms with van der Waals surface area (Å²) in [5.41, 5.74) is 6.52. The lowest BCUT2D eigenvalue weighted by molar-refractivity contribution is -0.124. The molecule has 0 fully saturated rings. The molecule has 1 unspecified atom stereocenters. The van der Waals surface area contributed by atoms with Gasteiger partial charge in [-0.25, -0.2) is 0 Å². The van der Waals surface area contributed by atoms with Crippen LogP contribution in [0.2, 0.25) is 5.02 Å². The molecule has 1 atom stereocenters. The summed E-state index contributed by atoms with van der Waals surface area (Å²) in [6.07, 6.45) is 0.781. The number of hydrogen-bond donors (Lipinski definition) is 2. The predicted octanol–water partition coefficient (Wildman–Crippen LogP) is 1.59. The third-order valence-electron chi connectivity index (χ3n) is 2.40. The van der Waals surface area contributed by atoms with Crippen LogP contribution in [-0.4, -0.2) is 19.0 Å². The average molecular weight is 241 g/mol. The van der Waals surface area contributed by atoms with Crippen LogP contribution in [0.25, 0.3) is 0 Å². The van der Waals surface area contributed by atoms with E-state index >= 15 is 0 Å². The maximum atomic E-state index is 11.4. The molecule has 0 spiro atoms. The SMILES string of the molecule is CC(CN)C(=O)NCCc1cccc(Cl)c1. The van der Waals surface area contributed by atoms with E-state index in [0.29, 0.717) is 13.1 Å². The van der Waals surface area contributed by atoms with Gasteiger partial charge in [-0.2, -0.15) is 0 Å².